The number of carboxylic acid groups (broad SMARTS) is 1. The number of aromatic nitrogens is 1. The molecule has 1 unspecified atom stereocenters. The first-order valence-electron chi connectivity index (χ1n) is 7.62. The van der Waals surface area contributed by atoms with Gasteiger partial charge in [0.1, 0.15) is 0 Å². The van der Waals surface area contributed by atoms with Gasteiger partial charge in [0.15, 0.2) is 0 Å². The van der Waals surface area contributed by atoms with Gasteiger partial charge in [0.05, 0.1) is 12.5 Å². The van der Waals surface area contributed by atoms with Gasteiger partial charge in [0, 0.05) is 36.7 Å². The third kappa shape index (κ3) is 2.03. The molecule has 0 aliphatic carbocycles. The van der Waals surface area contributed by atoms with Crippen LogP contribution < -0.4 is 5.32 Å². The molecule has 4 amide bonds. The van der Waals surface area contributed by atoms with E-state index < -0.39 is 6.09 Å². The van der Waals surface area contributed by atoms with E-state index in [1.54, 1.807) is 4.90 Å². The van der Waals surface area contributed by atoms with E-state index in [1.807, 2.05) is 18.2 Å². The minimum Gasteiger partial charge on any atom is -0.465 e. The van der Waals surface area contributed by atoms with Crippen LogP contribution >= 0.6 is 0 Å². The zero-order valence-electron chi connectivity index (χ0n) is 13.0. The zero-order chi connectivity index (χ0) is 17.0. The highest BCUT2D eigenvalue weighted by Crippen LogP contribution is 2.38. The van der Waals surface area contributed by atoms with Crippen molar-refractivity contribution in [2.24, 2.45) is 0 Å². The van der Waals surface area contributed by atoms with E-state index in [0.717, 1.165) is 27.7 Å². The van der Waals surface area contributed by atoms with E-state index >= 15 is 0 Å². The molecule has 0 saturated carbocycles. The Morgan fingerprint density at radius 1 is 1.42 bits per heavy atom. The maximum absolute atomic E-state index is 12.5. The number of hydrogen-bond donors (Lipinski definition) is 3. The molecule has 2 bridgehead atoms. The summed E-state index contributed by atoms with van der Waals surface area (Å²) in [6.07, 6.45) is -1.08. The Labute approximate surface area is 137 Å². The zero-order valence-corrected chi connectivity index (χ0v) is 13.0. The van der Waals surface area contributed by atoms with Gasteiger partial charge in [-0.05, 0) is 23.3 Å². The molecule has 2 aliphatic rings. The summed E-state index contributed by atoms with van der Waals surface area (Å²) in [5.74, 6) is -0.583. The average molecular weight is 328 g/mol. The predicted octanol–water partition coefficient (Wildman–Crippen LogP) is 1.43. The summed E-state index contributed by atoms with van der Waals surface area (Å²) in [5, 5.41) is 12.0. The van der Waals surface area contributed by atoms with Crippen LogP contribution in [0.25, 0.3) is 10.9 Å². The van der Waals surface area contributed by atoms with Gasteiger partial charge in [-0.25, -0.2) is 9.59 Å². The van der Waals surface area contributed by atoms with E-state index in [2.05, 4.69) is 10.3 Å². The number of urea groups is 1. The van der Waals surface area contributed by atoms with Gasteiger partial charge in [-0.2, -0.15) is 0 Å². The number of amides is 4. The third-order valence-corrected chi connectivity index (χ3v) is 4.72. The van der Waals surface area contributed by atoms with Gasteiger partial charge in [-0.15, -0.1) is 0 Å². The molecule has 1 aromatic heterocycles. The van der Waals surface area contributed by atoms with E-state index in [1.165, 1.54) is 11.9 Å². The van der Waals surface area contributed by atoms with Crippen molar-refractivity contribution in [2.45, 2.75) is 19.0 Å². The van der Waals surface area contributed by atoms with Gasteiger partial charge in [0.2, 0.25) is 5.91 Å². The van der Waals surface area contributed by atoms with Crippen molar-refractivity contribution in [3.63, 3.8) is 0 Å². The lowest BCUT2D eigenvalue weighted by molar-refractivity contribution is -0.132. The molecule has 0 radical (unpaired) electrons. The van der Waals surface area contributed by atoms with Crippen molar-refractivity contribution < 1.29 is 19.5 Å². The molecule has 1 saturated heterocycles. The Hall–Kier alpha value is -3.03. The number of likely N-dealkylation sites (N-methyl/N-ethyl adjacent to an activating group) is 1. The van der Waals surface area contributed by atoms with Crippen LogP contribution in [0.5, 0.6) is 0 Å². The Bertz CT molecular complexity index is 888. The highest BCUT2D eigenvalue weighted by atomic mass is 16.4. The van der Waals surface area contributed by atoms with Gasteiger partial charge < -0.3 is 20.3 Å². The van der Waals surface area contributed by atoms with Crippen LogP contribution in [0.4, 0.5) is 9.59 Å². The Kier molecular flexibility index (Phi) is 3.02. The van der Waals surface area contributed by atoms with Crippen LogP contribution in [0.1, 0.15) is 22.7 Å². The van der Waals surface area contributed by atoms with E-state index in [9.17, 15) is 14.4 Å². The Morgan fingerprint density at radius 3 is 2.96 bits per heavy atom. The lowest BCUT2D eigenvalue weighted by Gasteiger charge is -2.40. The fraction of sp³-hybridized carbons (Fsp3) is 0.312. The fourth-order valence-electron chi connectivity index (χ4n) is 3.58. The first kappa shape index (κ1) is 14.6. The van der Waals surface area contributed by atoms with Crippen molar-refractivity contribution in [3.05, 3.63) is 35.0 Å². The van der Waals surface area contributed by atoms with Crippen LogP contribution in [0.3, 0.4) is 0 Å². The summed E-state index contributed by atoms with van der Waals surface area (Å²) < 4.78 is 0. The Balaban J connectivity index is 1.80. The highest BCUT2D eigenvalue weighted by molar-refractivity contribution is 6.03. The highest BCUT2D eigenvalue weighted by Gasteiger charge is 2.43. The largest absolute Gasteiger partial charge is 0.465 e. The molecular formula is C16H16N4O4. The SMILES string of the molecule is CN1C(=O)C2CN(Cc3[nH]c4ccc(CNC(=O)O)cc4c32)C1=O. The topological polar surface area (TPSA) is 106 Å². The number of carbonyl (C=O) groups excluding carboxylic acids is 2. The molecule has 8 heteroatoms. The van der Waals surface area contributed by atoms with Crippen LogP contribution in [0.15, 0.2) is 18.2 Å². The second-order valence-electron chi connectivity index (χ2n) is 6.17. The molecule has 2 aliphatic heterocycles. The third-order valence-electron chi connectivity index (χ3n) is 4.72. The summed E-state index contributed by atoms with van der Waals surface area (Å²) >= 11 is 0. The lowest BCUT2D eigenvalue weighted by Crippen LogP contribution is -2.55. The molecule has 4 rings (SSSR count). The minimum atomic E-state index is -1.08. The smallest absolute Gasteiger partial charge is 0.404 e. The monoisotopic (exact) mass is 328 g/mol. The maximum atomic E-state index is 12.5. The summed E-state index contributed by atoms with van der Waals surface area (Å²) in [5.41, 5.74) is 3.50. The number of H-pyrrole nitrogens is 1. The van der Waals surface area contributed by atoms with Gasteiger partial charge in [-0.1, -0.05) is 6.07 Å². The van der Waals surface area contributed by atoms with Crippen LogP contribution in [-0.2, 0) is 17.9 Å². The standard InChI is InChI=1S/C16H16N4O4/c1-19-14(21)10-6-20(16(19)24)7-12-13(10)9-4-8(5-17-15(22)23)2-3-11(9)18-12/h2-4,10,17-18H,5-7H2,1H3,(H,22,23). The molecule has 1 fully saturated rings. The number of nitrogens with zero attached hydrogens (tertiary/aromatic N) is 2. The first-order valence-corrected chi connectivity index (χ1v) is 7.62. The molecular weight excluding hydrogens is 312 g/mol. The molecule has 0 spiro atoms. The van der Waals surface area contributed by atoms with Crippen molar-refractivity contribution in [2.75, 3.05) is 13.6 Å². The summed E-state index contributed by atoms with van der Waals surface area (Å²) in [4.78, 5) is 41.4. The van der Waals surface area contributed by atoms with Crippen LogP contribution in [0, 0.1) is 0 Å². The number of hydrogen-bond acceptors (Lipinski definition) is 3. The summed E-state index contributed by atoms with van der Waals surface area (Å²) in [7, 11) is 1.51. The van der Waals surface area contributed by atoms with E-state index in [0.29, 0.717) is 13.1 Å². The molecule has 3 heterocycles. The quantitative estimate of drug-likeness (QED) is 0.775. The second kappa shape index (κ2) is 4.98. The van der Waals surface area contributed by atoms with E-state index in [4.69, 9.17) is 5.11 Å². The number of nitrogens with one attached hydrogen (secondary N) is 2. The second-order valence-corrected chi connectivity index (χ2v) is 6.17. The summed E-state index contributed by atoms with van der Waals surface area (Å²) in [6, 6.07) is 5.35. The predicted molar refractivity (Wildman–Crippen MR) is 84.5 cm³/mol. The molecule has 1 aromatic carbocycles. The van der Waals surface area contributed by atoms with Crippen LogP contribution in [0.2, 0.25) is 0 Å². The summed E-state index contributed by atoms with van der Waals surface area (Å²) in [6.45, 7) is 1.04. The molecule has 3 N–H and O–H groups in total. The average Bonchev–Trinajstić information content (AvgIpc) is 2.93. The number of benzene rings is 1. The molecule has 24 heavy (non-hydrogen) atoms. The van der Waals surface area contributed by atoms with E-state index in [-0.39, 0.29) is 24.4 Å². The van der Waals surface area contributed by atoms with Crippen molar-refractivity contribution >= 4 is 28.9 Å². The van der Waals surface area contributed by atoms with Crippen molar-refractivity contribution in [1.82, 2.24) is 20.1 Å². The molecule has 1 atom stereocenters. The number of rotatable bonds is 2. The first-order chi connectivity index (χ1) is 11.5. The molecule has 2 aromatic rings. The number of carbonyl (C=O) groups is 3. The lowest BCUT2D eigenvalue weighted by atomic mass is 9.89. The number of fused-ring (bicyclic) bond motifs is 6. The molecule has 124 valence electrons. The number of aromatic amines is 1. The Morgan fingerprint density at radius 2 is 2.21 bits per heavy atom. The van der Waals surface area contributed by atoms with Gasteiger partial charge >= 0.3 is 12.1 Å². The molecule has 8 nitrogen and oxygen atoms in total. The fourth-order valence-corrected chi connectivity index (χ4v) is 3.58. The van der Waals surface area contributed by atoms with Gasteiger partial charge in [0.25, 0.3) is 0 Å². The normalized spacial score (nSPS) is 19.6. The van der Waals surface area contributed by atoms with Crippen LogP contribution in [-0.4, -0.2) is 51.5 Å². The minimum absolute atomic E-state index is 0.202. The maximum Gasteiger partial charge on any atom is 0.404 e. The van der Waals surface area contributed by atoms with Crippen molar-refractivity contribution in [3.8, 4) is 0 Å². The van der Waals surface area contributed by atoms with Gasteiger partial charge in [-0.3, -0.25) is 9.69 Å². The number of imide groups is 1. The van der Waals surface area contributed by atoms with Crippen molar-refractivity contribution in [1.29, 1.82) is 0 Å².